The number of hydrogen-bond donors (Lipinski definition) is 4. The number of carbonyl (C=O) groups excluding carboxylic acids is 1. The van der Waals surface area contributed by atoms with Crippen LogP contribution in [0.15, 0.2) is 65.6 Å². The Morgan fingerprint density at radius 2 is 1.24 bits per heavy atom. The first-order chi connectivity index (χ1) is 26.2. The van der Waals surface area contributed by atoms with E-state index in [2.05, 4.69) is 28.0 Å². The van der Waals surface area contributed by atoms with Crippen molar-refractivity contribution in [3.63, 3.8) is 0 Å². The minimum absolute atomic E-state index is 0.0720. The number of ether oxygens (including phenoxy) is 4. The van der Waals surface area contributed by atoms with E-state index in [9.17, 15) is 4.79 Å². The number of fused-ring (bicyclic) bond motifs is 1. The Bertz CT molecular complexity index is 1770. The summed E-state index contributed by atoms with van der Waals surface area (Å²) in [6.45, 7) is 6.06. The van der Waals surface area contributed by atoms with Gasteiger partial charge in [-0.25, -0.2) is 19.2 Å². The monoisotopic (exact) mass is 785 g/mol. The van der Waals surface area contributed by atoms with Crippen LogP contribution in [-0.4, -0.2) is 135 Å². The molecule has 5 rings (SSSR count). The fourth-order valence-corrected chi connectivity index (χ4v) is 7.71. The number of hydrogen-bond acceptors (Lipinski definition) is 12. The maximum Gasteiger partial charge on any atom is 0.414 e. The highest BCUT2D eigenvalue weighted by Gasteiger charge is 2.49. The van der Waals surface area contributed by atoms with Gasteiger partial charge in [0.15, 0.2) is 11.5 Å². The molecule has 0 aliphatic carbocycles. The topological polar surface area (TPSA) is 213 Å². The molecule has 0 saturated carbocycles. The quantitative estimate of drug-likeness (QED) is 0.193. The molecule has 55 heavy (non-hydrogen) atoms. The predicted molar refractivity (Wildman–Crippen MR) is 203 cm³/mol. The molecule has 3 aromatic rings. The number of anilines is 1. The van der Waals surface area contributed by atoms with Crippen LogP contribution < -0.4 is 23.8 Å². The van der Waals surface area contributed by atoms with Crippen molar-refractivity contribution in [1.29, 1.82) is 0 Å². The van der Waals surface area contributed by atoms with Gasteiger partial charge in [-0.05, 0) is 73.8 Å². The highest BCUT2D eigenvalue weighted by atomic mass is 32.2. The van der Waals surface area contributed by atoms with Crippen LogP contribution in [0.2, 0.25) is 0 Å². The molecule has 0 aromatic heterocycles. The normalized spacial score (nSPS) is 16.6. The van der Waals surface area contributed by atoms with E-state index in [-0.39, 0.29) is 5.91 Å². The summed E-state index contributed by atoms with van der Waals surface area (Å²) >= 11 is 1.64. The average molecular weight is 786 g/mol. The number of amides is 1. The lowest BCUT2D eigenvalue weighted by Crippen LogP contribution is -2.48. The number of rotatable bonds is 12. The molecular formula is C38H47N3O13S. The average Bonchev–Trinajstić information content (AvgIpc) is 3.19. The van der Waals surface area contributed by atoms with Gasteiger partial charge in [0.05, 0.1) is 34.1 Å². The fourth-order valence-electron chi connectivity index (χ4n) is 6.14. The number of nitrogens with zero attached hydrogens (tertiary/aromatic N) is 3. The van der Waals surface area contributed by atoms with E-state index in [0.717, 1.165) is 79.8 Å². The predicted octanol–water partition coefficient (Wildman–Crippen LogP) is 3.64. The summed E-state index contributed by atoms with van der Waals surface area (Å²) in [6.07, 6.45) is 2.55. The summed E-state index contributed by atoms with van der Waals surface area (Å²) in [7, 11) is 8.54. The minimum Gasteiger partial charge on any atom is -0.497 e. The van der Waals surface area contributed by atoms with Crippen LogP contribution in [0.3, 0.4) is 0 Å². The van der Waals surface area contributed by atoms with E-state index in [1.165, 1.54) is 5.56 Å². The summed E-state index contributed by atoms with van der Waals surface area (Å²) < 4.78 is 21.4. The number of likely N-dealkylation sites (N-methyl/N-ethyl adjacent to an activating group) is 1. The zero-order valence-electron chi connectivity index (χ0n) is 31.4. The summed E-state index contributed by atoms with van der Waals surface area (Å²) in [5.41, 5.74) is 3.06. The van der Waals surface area contributed by atoms with Gasteiger partial charge in [0.25, 0.3) is 0 Å². The molecule has 3 aromatic carbocycles. The molecule has 0 spiro atoms. The van der Waals surface area contributed by atoms with Crippen molar-refractivity contribution in [2.45, 2.75) is 28.9 Å². The van der Waals surface area contributed by atoms with Gasteiger partial charge in [-0.2, -0.15) is 0 Å². The van der Waals surface area contributed by atoms with Crippen LogP contribution in [0.25, 0.3) is 0 Å². The first-order valence-corrected chi connectivity index (χ1v) is 17.9. The molecule has 298 valence electrons. The van der Waals surface area contributed by atoms with Crippen LogP contribution in [0.5, 0.6) is 23.0 Å². The van der Waals surface area contributed by atoms with Gasteiger partial charge in [0, 0.05) is 50.2 Å². The zero-order chi connectivity index (χ0) is 40.7. The van der Waals surface area contributed by atoms with Crippen LogP contribution in [0.1, 0.15) is 24.0 Å². The molecule has 0 bridgehead atoms. The van der Waals surface area contributed by atoms with Crippen molar-refractivity contribution < 1.29 is 63.3 Å². The van der Waals surface area contributed by atoms with E-state index in [1.54, 1.807) is 40.2 Å². The van der Waals surface area contributed by atoms with E-state index in [0.29, 0.717) is 17.9 Å². The van der Waals surface area contributed by atoms with E-state index in [4.69, 9.17) is 58.6 Å². The third-order valence-electron chi connectivity index (χ3n) is 9.00. The van der Waals surface area contributed by atoms with Gasteiger partial charge in [-0.1, -0.05) is 18.2 Å². The van der Waals surface area contributed by atoms with Gasteiger partial charge in [-0.15, -0.1) is 11.8 Å². The number of benzene rings is 3. The van der Waals surface area contributed by atoms with Crippen molar-refractivity contribution in [3.05, 3.63) is 71.8 Å². The van der Waals surface area contributed by atoms with E-state index < -0.39 is 28.6 Å². The molecule has 2 aliphatic rings. The van der Waals surface area contributed by atoms with Crippen molar-refractivity contribution in [1.82, 2.24) is 9.80 Å². The molecule has 1 saturated heterocycles. The van der Waals surface area contributed by atoms with E-state index >= 15 is 0 Å². The minimum atomic E-state index is -1.82. The third-order valence-corrected chi connectivity index (χ3v) is 10.5. The molecule has 1 unspecified atom stereocenters. The van der Waals surface area contributed by atoms with Crippen LogP contribution in [-0.2, 0) is 35.1 Å². The van der Waals surface area contributed by atoms with Gasteiger partial charge in [0.2, 0.25) is 5.91 Å². The smallest absolute Gasteiger partial charge is 0.414 e. The Morgan fingerprint density at radius 3 is 1.78 bits per heavy atom. The lowest BCUT2D eigenvalue weighted by atomic mass is 9.89. The maximum atomic E-state index is 14.2. The summed E-state index contributed by atoms with van der Waals surface area (Å²) in [6, 6.07) is 20.1. The lowest BCUT2D eigenvalue weighted by Gasteiger charge is -2.42. The Hall–Kier alpha value is -5.52. The Kier molecular flexibility index (Phi) is 16.6. The molecule has 1 fully saturated rings. The molecule has 2 heterocycles. The van der Waals surface area contributed by atoms with Crippen molar-refractivity contribution in [2.75, 3.05) is 79.7 Å². The molecule has 4 N–H and O–H groups in total. The number of carboxylic acids is 4. The van der Waals surface area contributed by atoms with Crippen LogP contribution >= 0.6 is 11.8 Å². The number of carboxylic acid groups (broad SMARTS) is 4. The molecule has 16 nitrogen and oxygen atoms in total. The number of para-hydroxylation sites is 1. The molecule has 0 radical (unpaired) electrons. The SMILES string of the molecule is COc1ccc(OC)c(C2(CCCN3CCN(CCc4ccc(OC)c(OC)c4)CC3)Sc3ccccc3N(C)C2=O)c1.O=C(O)C(=O)O.O=C(O)C(=O)O. The van der Waals surface area contributed by atoms with Gasteiger partial charge in [-0.3, -0.25) is 4.79 Å². The van der Waals surface area contributed by atoms with Crippen molar-refractivity contribution >= 4 is 47.2 Å². The number of piperazine rings is 1. The highest BCUT2D eigenvalue weighted by Crippen LogP contribution is 2.55. The summed E-state index contributed by atoms with van der Waals surface area (Å²) in [4.78, 5) is 58.6. The molecule has 1 atom stereocenters. The summed E-state index contributed by atoms with van der Waals surface area (Å²) in [5.74, 6) is -4.27. The second-order valence-corrected chi connectivity index (χ2v) is 13.6. The second-order valence-electron chi connectivity index (χ2n) is 12.3. The lowest BCUT2D eigenvalue weighted by molar-refractivity contribution is -0.159. The third kappa shape index (κ3) is 11.7. The van der Waals surface area contributed by atoms with Crippen molar-refractivity contribution in [3.8, 4) is 23.0 Å². The largest absolute Gasteiger partial charge is 0.497 e. The Balaban J connectivity index is 0.000000587. The number of thioether (sulfide) groups is 1. The van der Waals surface area contributed by atoms with Crippen molar-refractivity contribution in [2.24, 2.45) is 0 Å². The number of carbonyl (C=O) groups is 5. The van der Waals surface area contributed by atoms with Crippen LogP contribution in [0.4, 0.5) is 5.69 Å². The second kappa shape index (κ2) is 20.8. The number of aliphatic carboxylic acids is 4. The number of methoxy groups -OCH3 is 4. The van der Waals surface area contributed by atoms with Gasteiger partial charge < -0.3 is 54.1 Å². The van der Waals surface area contributed by atoms with Gasteiger partial charge >= 0.3 is 23.9 Å². The van der Waals surface area contributed by atoms with E-state index in [1.807, 2.05) is 54.4 Å². The molecule has 17 heteroatoms. The first-order valence-electron chi connectivity index (χ1n) is 17.1. The zero-order valence-corrected chi connectivity index (χ0v) is 32.2. The Morgan fingerprint density at radius 1 is 0.691 bits per heavy atom. The van der Waals surface area contributed by atoms with Gasteiger partial charge in [0.1, 0.15) is 16.2 Å². The summed E-state index contributed by atoms with van der Waals surface area (Å²) in [5, 5.41) is 29.6. The first kappa shape index (κ1) is 43.9. The van der Waals surface area contributed by atoms with Crippen LogP contribution in [0, 0.1) is 0 Å². The highest BCUT2D eigenvalue weighted by molar-refractivity contribution is 8.01. The standard InChI is InChI=1S/C34H43N3O5S.2C2H2O4/c1-35-28-9-6-7-10-32(28)43-34(33(35)38,27-24-26(39-2)12-14-29(27)40-3)16-8-17-36-19-21-37(22-20-36)18-15-25-11-13-30(41-4)31(23-25)42-5;2*3-1(4)2(5)6/h6-7,9-14,23-24H,8,15-22H2,1-5H3;2*(H,3,4)(H,5,6). The Labute approximate surface area is 323 Å². The fraction of sp³-hybridized carbons (Fsp3) is 0.395. The molecule has 2 aliphatic heterocycles. The molecular weight excluding hydrogens is 738 g/mol. The molecule has 1 amide bonds. The maximum absolute atomic E-state index is 14.2.